The van der Waals surface area contributed by atoms with Gasteiger partial charge in [-0.15, -0.1) is 0 Å². The Morgan fingerprint density at radius 1 is 0.821 bits per heavy atom. The molecule has 3 aromatic rings. The number of halogens is 2. The van der Waals surface area contributed by atoms with E-state index in [1.54, 1.807) is 11.0 Å². The van der Waals surface area contributed by atoms with Gasteiger partial charge in [0.25, 0.3) is 11.8 Å². The van der Waals surface area contributed by atoms with Crippen LogP contribution >= 0.6 is 0 Å². The molecule has 1 aliphatic heterocycles. The first kappa shape index (κ1) is 18.0. The first-order valence-corrected chi connectivity index (χ1v) is 8.78. The van der Waals surface area contributed by atoms with Gasteiger partial charge >= 0.3 is 0 Å². The van der Waals surface area contributed by atoms with Crippen LogP contribution in [0.3, 0.4) is 0 Å². The molecule has 0 radical (unpaired) electrons. The summed E-state index contributed by atoms with van der Waals surface area (Å²) in [7, 11) is 0. The number of hydrogen-bond acceptors (Lipinski definition) is 4. The molecule has 0 saturated carbocycles. The van der Waals surface area contributed by atoms with E-state index >= 15 is 0 Å². The molecule has 0 unspecified atom stereocenters. The van der Waals surface area contributed by atoms with Crippen molar-refractivity contribution in [1.29, 1.82) is 0 Å². The summed E-state index contributed by atoms with van der Waals surface area (Å²) in [4.78, 5) is 36.9. The molecule has 2 heterocycles. The molecule has 142 valence electrons. The van der Waals surface area contributed by atoms with Gasteiger partial charge < -0.3 is 9.80 Å². The van der Waals surface area contributed by atoms with Crippen LogP contribution in [-0.4, -0.2) is 57.8 Å². The number of aromatic nitrogens is 2. The Kier molecular flexibility index (Phi) is 4.68. The highest BCUT2D eigenvalue weighted by atomic mass is 19.2. The molecule has 0 N–H and O–H groups in total. The summed E-state index contributed by atoms with van der Waals surface area (Å²) in [6, 6.07) is 10.4. The van der Waals surface area contributed by atoms with Crippen molar-refractivity contribution in [2.45, 2.75) is 0 Å². The van der Waals surface area contributed by atoms with Crippen LogP contribution in [0.2, 0.25) is 0 Å². The molecular weight excluding hydrogens is 366 g/mol. The largest absolute Gasteiger partial charge is 0.335 e. The van der Waals surface area contributed by atoms with Crippen LogP contribution < -0.4 is 0 Å². The normalized spacial score (nSPS) is 14.4. The molecule has 6 nitrogen and oxygen atoms in total. The molecule has 28 heavy (non-hydrogen) atoms. The summed E-state index contributed by atoms with van der Waals surface area (Å²) >= 11 is 0. The zero-order valence-electron chi connectivity index (χ0n) is 14.8. The van der Waals surface area contributed by atoms with Crippen molar-refractivity contribution < 1.29 is 18.4 Å². The number of fused-ring (bicyclic) bond motifs is 1. The van der Waals surface area contributed by atoms with Crippen LogP contribution in [-0.2, 0) is 0 Å². The average molecular weight is 382 g/mol. The van der Waals surface area contributed by atoms with E-state index in [0.29, 0.717) is 37.2 Å². The Balaban J connectivity index is 1.43. The van der Waals surface area contributed by atoms with Crippen molar-refractivity contribution in [1.82, 2.24) is 19.8 Å². The highest BCUT2D eigenvalue weighted by Crippen LogP contribution is 2.15. The average Bonchev–Trinajstić information content (AvgIpc) is 2.74. The minimum atomic E-state index is -1.06. The van der Waals surface area contributed by atoms with Gasteiger partial charge in [-0.1, -0.05) is 12.1 Å². The zero-order valence-corrected chi connectivity index (χ0v) is 14.8. The number of hydrogen-bond donors (Lipinski definition) is 0. The molecule has 2 amide bonds. The van der Waals surface area contributed by atoms with Crippen LogP contribution in [0.4, 0.5) is 8.78 Å². The fourth-order valence-electron chi connectivity index (χ4n) is 3.15. The summed E-state index contributed by atoms with van der Waals surface area (Å²) < 4.78 is 26.4. The summed E-state index contributed by atoms with van der Waals surface area (Å²) in [6.45, 7) is 1.24. The lowest BCUT2D eigenvalue weighted by Crippen LogP contribution is -2.50. The zero-order chi connectivity index (χ0) is 19.7. The lowest BCUT2D eigenvalue weighted by Gasteiger charge is -2.34. The molecule has 1 saturated heterocycles. The van der Waals surface area contributed by atoms with Gasteiger partial charge in [-0.2, -0.15) is 0 Å². The second-order valence-corrected chi connectivity index (χ2v) is 6.46. The van der Waals surface area contributed by atoms with Crippen LogP contribution in [0, 0.1) is 11.6 Å². The predicted octanol–water partition coefficient (Wildman–Crippen LogP) is 2.51. The van der Waals surface area contributed by atoms with Crippen molar-refractivity contribution in [3.63, 3.8) is 0 Å². The van der Waals surface area contributed by atoms with Gasteiger partial charge in [0.1, 0.15) is 5.69 Å². The molecule has 0 bridgehead atoms. The number of para-hydroxylation sites is 2. The Morgan fingerprint density at radius 3 is 2.14 bits per heavy atom. The monoisotopic (exact) mass is 382 g/mol. The maximum atomic E-state index is 13.4. The fraction of sp³-hybridized carbons (Fsp3) is 0.200. The Bertz CT molecular complexity index is 1070. The Hall–Kier alpha value is -3.42. The highest BCUT2D eigenvalue weighted by Gasteiger charge is 2.26. The van der Waals surface area contributed by atoms with E-state index < -0.39 is 17.5 Å². The summed E-state index contributed by atoms with van der Waals surface area (Å²) in [6.07, 6.45) is 1.45. The first-order valence-electron chi connectivity index (χ1n) is 8.78. The predicted molar refractivity (Wildman–Crippen MR) is 97.7 cm³/mol. The summed E-state index contributed by atoms with van der Waals surface area (Å²) in [5, 5.41) is 0. The number of nitrogens with zero attached hydrogens (tertiary/aromatic N) is 4. The quantitative estimate of drug-likeness (QED) is 0.683. The Morgan fingerprint density at radius 2 is 1.46 bits per heavy atom. The third kappa shape index (κ3) is 3.40. The minimum Gasteiger partial charge on any atom is -0.335 e. The number of rotatable bonds is 2. The lowest BCUT2D eigenvalue weighted by atomic mass is 10.1. The van der Waals surface area contributed by atoms with Crippen LogP contribution in [0.1, 0.15) is 20.8 Å². The van der Waals surface area contributed by atoms with Gasteiger partial charge in [-0.25, -0.2) is 13.8 Å². The molecule has 0 atom stereocenters. The van der Waals surface area contributed by atoms with Crippen molar-refractivity contribution in [2.24, 2.45) is 0 Å². The second-order valence-electron chi connectivity index (χ2n) is 6.46. The maximum absolute atomic E-state index is 13.4. The molecule has 1 fully saturated rings. The molecular formula is C20H16F2N4O2. The van der Waals surface area contributed by atoms with E-state index in [2.05, 4.69) is 9.97 Å². The minimum absolute atomic E-state index is 0.0825. The molecule has 4 rings (SSSR count). The third-order valence-electron chi connectivity index (χ3n) is 4.69. The van der Waals surface area contributed by atoms with Gasteiger partial charge in [0.05, 0.1) is 17.2 Å². The standard InChI is InChI=1S/C20H16F2N4O2/c21-14-6-5-13(11-15(14)22)19(27)25-7-9-26(10-8-25)20(28)18-12-23-16-3-1-2-4-17(16)24-18/h1-6,11-12H,7-10H2. The van der Waals surface area contributed by atoms with Crippen LogP contribution in [0.15, 0.2) is 48.7 Å². The maximum Gasteiger partial charge on any atom is 0.274 e. The first-order chi connectivity index (χ1) is 13.5. The van der Waals surface area contributed by atoms with Gasteiger partial charge in [0, 0.05) is 31.7 Å². The molecule has 1 aliphatic rings. The Labute approximate surface area is 159 Å². The number of amides is 2. The van der Waals surface area contributed by atoms with Gasteiger partial charge in [-0.3, -0.25) is 14.6 Å². The molecule has 8 heteroatoms. The van der Waals surface area contributed by atoms with Gasteiger partial charge in [0.15, 0.2) is 11.6 Å². The lowest BCUT2D eigenvalue weighted by molar-refractivity contribution is 0.0532. The van der Waals surface area contributed by atoms with Crippen molar-refractivity contribution >= 4 is 22.8 Å². The second kappa shape index (κ2) is 7.30. The van der Waals surface area contributed by atoms with Crippen LogP contribution in [0.25, 0.3) is 11.0 Å². The summed E-state index contributed by atoms with van der Waals surface area (Å²) in [5.74, 6) is -2.70. The number of carbonyl (C=O) groups excluding carboxylic acids is 2. The number of benzene rings is 2. The van der Waals surface area contributed by atoms with E-state index in [1.165, 1.54) is 17.2 Å². The van der Waals surface area contributed by atoms with E-state index in [9.17, 15) is 18.4 Å². The fourth-order valence-corrected chi connectivity index (χ4v) is 3.15. The van der Waals surface area contributed by atoms with Crippen molar-refractivity contribution in [3.8, 4) is 0 Å². The van der Waals surface area contributed by atoms with Crippen molar-refractivity contribution in [2.75, 3.05) is 26.2 Å². The number of carbonyl (C=O) groups is 2. The highest BCUT2D eigenvalue weighted by molar-refractivity contribution is 5.95. The topological polar surface area (TPSA) is 66.4 Å². The summed E-state index contributed by atoms with van der Waals surface area (Å²) in [5.41, 5.74) is 1.68. The molecule has 0 spiro atoms. The van der Waals surface area contributed by atoms with Gasteiger partial charge in [0.2, 0.25) is 0 Å². The smallest absolute Gasteiger partial charge is 0.274 e. The van der Waals surface area contributed by atoms with E-state index in [-0.39, 0.29) is 17.2 Å². The van der Waals surface area contributed by atoms with Crippen molar-refractivity contribution in [3.05, 3.63) is 71.6 Å². The number of piperazine rings is 1. The van der Waals surface area contributed by atoms with E-state index in [4.69, 9.17) is 0 Å². The third-order valence-corrected chi connectivity index (χ3v) is 4.69. The molecule has 0 aliphatic carbocycles. The SMILES string of the molecule is O=C(c1ccc(F)c(F)c1)N1CCN(C(=O)c2cnc3ccccc3n2)CC1. The van der Waals surface area contributed by atoms with Gasteiger partial charge in [-0.05, 0) is 30.3 Å². The molecule has 1 aromatic heterocycles. The van der Waals surface area contributed by atoms with E-state index in [0.717, 1.165) is 12.1 Å². The van der Waals surface area contributed by atoms with E-state index in [1.807, 2.05) is 18.2 Å². The molecule has 2 aromatic carbocycles. The van der Waals surface area contributed by atoms with Crippen LogP contribution in [0.5, 0.6) is 0 Å².